The van der Waals surface area contributed by atoms with Gasteiger partial charge in [-0.1, -0.05) is 65.8 Å². The summed E-state index contributed by atoms with van der Waals surface area (Å²) >= 11 is 0. The first-order valence-electron chi connectivity index (χ1n) is 9.40. The molecule has 1 N–H and O–H groups in total. The van der Waals surface area contributed by atoms with Gasteiger partial charge in [-0.15, -0.1) is 0 Å². The fourth-order valence-electron chi connectivity index (χ4n) is 3.11. The highest BCUT2D eigenvalue weighted by Crippen LogP contribution is 2.21. The van der Waals surface area contributed by atoms with Crippen molar-refractivity contribution in [3.8, 4) is 11.4 Å². The number of amides is 1. The van der Waals surface area contributed by atoms with Crippen molar-refractivity contribution in [1.82, 2.24) is 25.0 Å². The number of nitrogens with zero attached hydrogens (tertiary/aromatic N) is 4. The number of nitrogens with one attached hydrogen (secondary N) is 1. The van der Waals surface area contributed by atoms with Gasteiger partial charge in [0.15, 0.2) is 0 Å². The Morgan fingerprint density at radius 1 is 1.10 bits per heavy atom. The Bertz CT molecular complexity index is 1070. The molecule has 2 aromatic heterocycles. The number of hydrogen-bond donors (Lipinski definition) is 1. The first kappa shape index (κ1) is 18.6. The summed E-state index contributed by atoms with van der Waals surface area (Å²) in [5, 5.41) is 7.07. The molecule has 146 valence electrons. The molecular formula is C22H21N5O2. The van der Waals surface area contributed by atoms with E-state index in [2.05, 4.69) is 20.4 Å². The van der Waals surface area contributed by atoms with E-state index in [0.29, 0.717) is 18.1 Å². The first-order valence-corrected chi connectivity index (χ1v) is 9.40. The Morgan fingerprint density at radius 2 is 1.83 bits per heavy atom. The van der Waals surface area contributed by atoms with Gasteiger partial charge in [0, 0.05) is 37.8 Å². The lowest BCUT2D eigenvalue weighted by Gasteiger charge is -2.19. The van der Waals surface area contributed by atoms with E-state index in [9.17, 15) is 4.79 Å². The minimum atomic E-state index is -0.328. The molecule has 0 aliphatic carbocycles. The van der Waals surface area contributed by atoms with Gasteiger partial charge in [0.25, 0.3) is 0 Å². The second-order valence-electron chi connectivity index (χ2n) is 6.69. The van der Waals surface area contributed by atoms with Gasteiger partial charge in [-0.2, -0.15) is 4.98 Å². The summed E-state index contributed by atoms with van der Waals surface area (Å²) in [5.74, 6) is 1.62. The standard InChI is InChI=1S/C22H21N5O2/c1-27-15-14-23-22(27)20(16-8-4-2-5-9-16)24-18(28)12-13-19-25-21(26-29-19)17-10-6-3-7-11-17/h2-11,14-15,20H,12-13H2,1H3,(H,24,28)/t20-/m1/s1. The van der Waals surface area contributed by atoms with Gasteiger partial charge >= 0.3 is 0 Å². The normalized spacial score (nSPS) is 11.9. The summed E-state index contributed by atoms with van der Waals surface area (Å²) in [6, 6.07) is 19.1. The van der Waals surface area contributed by atoms with Crippen molar-refractivity contribution >= 4 is 5.91 Å². The Hall–Kier alpha value is -3.74. The number of imidazole rings is 1. The average molecular weight is 387 g/mol. The van der Waals surface area contributed by atoms with Crippen LogP contribution in [0.15, 0.2) is 77.6 Å². The van der Waals surface area contributed by atoms with Gasteiger partial charge in [0.1, 0.15) is 11.9 Å². The molecule has 29 heavy (non-hydrogen) atoms. The van der Waals surface area contributed by atoms with Crippen molar-refractivity contribution in [2.24, 2.45) is 7.05 Å². The minimum absolute atomic E-state index is 0.110. The number of carbonyl (C=O) groups excluding carboxylic acids is 1. The highest BCUT2D eigenvalue weighted by molar-refractivity contribution is 5.77. The molecule has 1 atom stereocenters. The van der Waals surface area contributed by atoms with E-state index in [4.69, 9.17) is 4.52 Å². The third kappa shape index (κ3) is 4.40. The van der Waals surface area contributed by atoms with Crippen LogP contribution in [0.1, 0.15) is 29.7 Å². The Labute approximate surface area is 168 Å². The van der Waals surface area contributed by atoms with Crippen LogP contribution in [0.3, 0.4) is 0 Å². The molecule has 2 heterocycles. The van der Waals surface area contributed by atoms with Crippen molar-refractivity contribution < 1.29 is 9.32 Å². The number of benzene rings is 2. The zero-order chi connectivity index (χ0) is 20.1. The topological polar surface area (TPSA) is 85.8 Å². The van der Waals surface area contributed by atoms with Crippen LogP contribution in [0.5, 0.6) is 0 Å². The molecule has 0 radical (unpaired) electrons. The molecule has 0 aliphatic heterocycles. The second kappa shape index (κ2) is 8.52. The molecule has 0 fully saturated rings. The van der Waals surface area contributed by atoms with E-state index in [1.54, 1.807) is 6.20 Å². The lowest BCUT2D eigenvalue weighted by atomic mass is 10.1. The Kier molecular flexibility index (Phi) is 5.47. The predicted molar refractivity (Wildman–Crippen MR) is 108 cm³/mol. The molecule has 7 nitrogen and oxygen atoms in total. The Balaban J connectivity index is 1.43. The quantitative estimate of drug-likeness (QED) is 0.526. The van der Waals surface area contributed by atoms with Crippen LogP contribution in [0.25, 0.3) is 11.4 Å². The SMILES string of the molecule is Cn1ccnc1[C@H](NC(=O)CCc1nc(-c2ccccc2)no1)c1ccccc1. The van der Waals surface area contributed by atoms with Gasteiger partial charge < -0.3 is 14.4 Å². The van der Waals surface area contributed by atoms with E-state index in [-0.39, 0.29) is 18.4 Å². The van der Waals surface area contributed by atoms with Gasteiger partial charge in [0.05, 0.1) is 0 Å². The van der Waals surface area contributed by atoms with Crippen molar-refractivity contribution in [2.45, 2.75) is 18.9 Å². The Morgan fingerprint density at radius 3 is 2.52 bits per heavy atom. The molecule has 2 aromatic carbocycles. The van der Waals surface area contributed by atoms with Crippen LogP contribution in [-0.2, 0) is 18.3 Å². The van der Waals surface area contributed by atoms with Gasteiger partial charge in [-0.3, -0.25) is 4.79 Å². The molecule has 0 aliphatic rings. The molecule has 0 unspecified atom stereocenters. The maximum Gasteiger partial charge on any atom is 0.227 e. The fourth-order valence-corrected chi connectivity index (χ4v) is 3.11. The van der Waals surface area contributed by atoms with Crippen molar-refractivity contribution in [3.05, 3.63) is 90.3 Å². The molecule has 0 saturated carbocycles. The fraction of sp³-hybridized carbons (Fsp3) is 0.182. The van der Waals surface area contributed by atoms with Crippen LogP contribution in [-0.4, -0.2) is 25.6 Å². The summed E-state index contributed by atoms with van der Waals surface area (Å²) in [5.41, 5.74) is 1.85. The molecule has 1 amide bonds. The number of aryl methyl sites for hydroxylation is 2. The maximum atomic E-state index is 12.6. The van der Waals surface area contributed by atoms with Crippen LogP contribution in [0.4, 0.5) is 0 Å². The highest BCUT2D eigenvalue weighted by atomic mass is 16.5. The van der Waals surface area contributed by atoms with Gasteiger partial charge in [0.2, 0.25) is 17.6 Å². The summed E-state index contributed by atoms with van der Waals surface area (Å²) in [6.45, 7) is 0. The van der Waals surface area contributed by atoms with E-state index >= 15 is 0 Å². The van der Waals surface area contributed by atoms with Crippen molar-refractivity contribution in [1.29, 1.82) is 0 Å². The minimum Gasteiger partial charge on any atom is -0.342 e. The molecular weight excluding hydrogens is 366 g/mol. The monoisotopic (exact) mass is 387 g/mol. The third-order valence-corrected chi connectivity index (χ3v) is 4.62. The largest absolute Gasteiger partial charge is 0.342 e. The van der Waals surface area contributed by atoms with Crippen LogP contribution >= 0.6 is 0 Å². The summed E-state index contributed by atoms with van der Waals surface area (Å²) in [4.78, 5) is 21.4. The lowest BCUT2D eigenvalue weighted by Crippen LogP contribution is -2.31. The zero-order valence-electron chi connectivity index (χ0n) is 16.0. The summed E-state index contributed by atoms with van der Waals surface area (Å²) < 4.78 is 7.20. The van der Waals surface area contributed by atoms with E-state index in [0.717, 1.165) is 17.0 Å². The van der Waals surface area contributed by atoms with Crippen LogP contribution in [0, 0.1) is 0 Å². The van der Waals surface area contributed by atoms with Crippen molar-refractivity contribution in [2.75, 3.05) is 0 Å². The van der Waals surface area contributed by atoms with Gasteiger partial charge in [-0.05, 0) is 5.56 Å². The number of aromatic nitrogens is 4. The van der Waals surface area contributed by atoms with E-state index in [1.165, 1.54) is 0 Å². The summed E-state index contributed by atoms with van der Waals surface area (Å²) in [7, 11) is 1.91. The first-order chi connectivity index (χ1) is 14.2. The molecule has 0 bridgehead atoms. The molecule has 0 saturated heterocycles. The third-order valence-electron chi connectivity index (χ3n) is 4.62. The van der Waals surface area contributed by atoms with E-state index < -0.39 is 0 Å². The highest BCUT2D eigenvalue weighted by Gasteiger charge is 2.21. The predicted octanol–water partition coefficient (Wildman–Crippen LogP) is 3.31. The molecule has 4 rings (SSSR count). The number of rotatable bonds is 7. The molecule has 7 heteroatoms. The number of carbonyl (C=O) groups is 1. The number of hydrogen-bond acceptors (Lipinski definition) is 5. The summed E-state index contributed by atoms with van der Waals surface area (Å²) in [6.07, 6.45) is 4.19. The zero-order valence-corrected chi connectivity index (χ0v) is 16.0. The van der Waals surface area contributed by atoms with Gasteiger partial charge in [-0.25, -0.2) is 4.98 Å². The van der Waals surface area contributed by atoms with Crippen molar-refractivity contribution in [3.63, 3.8) is 0 Å². The smallest absolute Gasteiger partial charge is 0.227 e. The lowest BCUT2D eigenvalue weighted by molar-refractivity contribution is -0.121. The molecule has 0 spiro atoms. The van der Waals surface area contributed by atoms with Crippen LogP contribution < -0.4 is 5.32 Å². The second-order valence-corrected chi connectivity index (χ2v) is 6.69. The maximum absolute atomic E-state index is 12.6. The van der Waals surface area contributed by atoms with E-state index in [1.807, 2.05) is 78.5 Å². The molecule has 4 aromatic rings. The van der Waals surface area contributed by atoms with Crippen LogP contribution in [0.2, 0.25) is 0 Å². The average Bonchev–Trinajstić information content (AvgIpc) is 3.41.